The van der Waals surface area contributed by atoms with Crippen molar-refractivity contribution in [2.24, 2.45) is 0 Å². The first-order chi connectivity index (χ1) is 6.47. The van der Waals surface area contributed by atoms with E-state index in [9.17, 15) is 18.4 Å². The summed E-state index contributed by atoms with van der Waals surface area (Å²) in [6.45, 7) is 0.772. The fraction of sp³-hybridized carbons (Fsp3) is 0.714. The molecule has 0 saturated carbocycles. The number of urea groups is 1. The average molecular weight is 210 g/mol. The summed E-state index contributed by atoms with van der Waals surface area (Å²) in [5.41, 5.74) is 0. The number of halogens is 2. The molecule has 14 heavy (non-hydrogen) atoms. The van der Waals surface area contributed by atoms with Crippen molar-refractivity contribution in [1.29, 1.82) is 0 Å². The molecule has 0 radical (unpaired) electrons. The minimum Gasteiger partial charge on any atom is -0.480 e. The van der Waals surface area contributed by atoms with Gasteiger partial charge in [-0.3, -0.25) is 0 Å². The van der Waals surface area contributed by atoms with E-state index in [1.165, 1.54) is 0 Å². The Morgan fingerprint density at radius 3 is 2.36 bits per heavy atom. The molecule has 0 fully saturated rings. The molecular formula is C7H12F2N2O3. The molecule has 0 aliphatic rings. The Morgan fingerprint density at radius 2 is 2.00 bits per heavy atom. The van der Waals surface area contributed by atoms with Crippen LogP contribution in [0.3, 0.4) is 0 Å². The molecule has 3 N–H and O–H groups in total. The van der Waals surface area contributed by atoms with Crippen molar-refractivity contribution in [3.8, 4) is 0 Å². The minimum atomic E-state index is -2.65. The van der Waals surface area contributed by atoms with Crippen molar-refractivity contribution in [2.45, 2.75) is 25.8 Å². The van der Waals surface area contributed by atoms with E-state index in [-0.39, 0.29) is 6.42 Å². The van der Waals surface area contributed by atoms with Gasteiger partial charge in [0.2, 0.25) is 0 Å². The van der Waals surface area contributed by atoms with E-state index < -0.39 is 31.0 Å². The fourth-order valence-electron chi connectivity index (χ4n) is 0.718. The third kappa shape index (κ3) is 5.28. The van der Waals surface area contributed by atoms with Gasteiger partial charge < -0.3 is 15.7 Å². The van der Waals surface area contributed by atoms with Gasteiger partial charge in [0.05, 0.1) is 6.54 Å². The first kappa shape index (κ1) is 12.6. The van der Waals surface area contributed by atoms with E-state index in [0.29, 0.717) is 0 Å². The lowest BCUT2D eigenvalue weighted by molar-refractivity contribution is -0.139. The van der Waals surface area contributed by atoms with Crippen molar-refractivity contribution in [2.75, 3.05) is 6.54 Å². The molecule has 0 rings (SSSR count). The van der Waals surface area contributed by atoms with Gasteiger partial charge in [0.15, 0.2) is 0 Å². The van der Waals surface area contributed by atoms with Crippen LogP contribution in [0.15, 0.2) is 0 Å². The fourth-order valence-corrected chi connectivity index (χ4v) is 0.718. The summed E-state index contributed by atoms with van der Waals surface area (Å²) in [6.07, 6.45) is -2.46. The van der Waals surface area contributed by atoms with Gasteiger partial charge >= 0.3 is 12.0 Å². The highest BCUT2D eigenvalue weighted by molar-refractivity contribution is 5.82. The monoisotopic (exact) mass is 210 g/mol. The molecule has 5 nitrogen and oxygen atoms in total. The number of carboxylic acids is 1. The maximum absolute atomic E-state index is 11.6. The zero-order chi connectivity index (χ0) is 11.1. The molecule has 7 heteroatoms. The summed E-state index contributed by atoms with van der Waals surface area (Å²) >= 11 is 0. The number of carbonyl (C=O) groups is 2. The molecule has 0 aromatic carbocycles. The molecule has 0 aromatic heterocycles. The molecule has 82 valence electrons. The predicted molar refractivity (Wildman–Crippen MR) is 44.3 cm³/mol. The number of hydrogen-bond acceptors (Lipinski definition) is 2. The summed E-state index contributed by atoms with van der Waals surface area (Å²) in [4.78, 5) is 21.2. The van der Waals surface area contributed by atoms with Crippen molar-refractivity contribution < 1.29 is 23.5 Å². The van der Waals surface area contributed by atoms with E-state index >= 15 is 0 Å². The van der Waals surface area contributed by atoms with Crippen LogP contribution in [0, 0.1) is 0 Å². The third-order valence-corrected chi connectivity index (χ3v) is 1.43. The summed E-state index contributed by atoms with van der Waals surface area (Å²) < 4.78 is 23.2. The number of rotatable bonds is 5. The normalized spacial score (nSPS) is 12.3. The van der Waals surface area contributed by atoms with Crippen LogP contribution in [-0.4, -0.2) is 36.1 Å². The number of alkyl halides is 2. The quantitative estimate of drug-likeness (QED) is 0.615. The summed E-state index contributed by atoms with van der Waals surface area (Å²) in [6, 6.07) is -1.95. The third-order valence-electron chi connectivity index (χ3n) is 1.43. The van der Waals surface area contributed by atoms with E-state index in [0.717, 1.165) is 0 Å². The van der Waals surface area contributed by atoms with Crippen LogP contribution >= 0.6 is 0 Å². The molecule has 0 aliphatic heterocycles. The van der Waals surface area contributed by atoms with E-state index in [4.69, 9.17) is 5.11 Å². The smallest absolute Gasteiger partial charge is 0.326 e. The van der Waals surface area contributed by atoms with Gasteiger partial charge in [-0.15, -0.1) is 0 Å². The Labute approximate surface area is 79.5 Å². The molecule has 1 atom stereocenters. The van der Waals surface area contributed by atoms with Crippen molar-refractivity contribution in [3.05, 3.63) is 0 Å². The molecular weight excluding hydrogens is 198 g/mol. The van der Waals surface area contributed by atoms with E-state index in [1.807, 2.05) is 10.6 Å². The molecule has 2 amide bonds. The molecule has 0 heterocycles. The summed E-state index contributed by atoms with van der Waals surface area (Å²) in [5, 5.41) is 12.4. The summed E-state index contributed by atoms with van der Waals surface area (Å²) in [7, 11) is 0. The molecule has 0 aliphatic carbocycles. The van der Waals surface area contributed by atoms with E-state index in [1.54, 1.807) is 6.92 Å². The molecule has 0 aromatic rings. The summed E-state index contributed by atoms with van der Waals surface area (Å²) in [5.74, 6) is -1.19. The maximum Gasteiger partial charge on any atom is 0.326 e. The number of amides is 2. The van der Waals surface area contributed by atoms with Crippen LogP contribution in [0.5, 0.6) is 0 Å². The lowest BCUT2D eigenvalue weighted by Crippen LogP contribution is -2.46. The first-order valence-electron chi connectivity index (χ1n) is 4.02. The van der Waals surface area contributed by atoms with Gasteiger partial charge in [-0.25, -0.2) is 18.4 Å². The van der Waals surface area contributed by atoms with Gasteiger partial charge in [0.25, 0.3) is 6.43 Å². The van der Waals surface area contributed by atoms with Gasteiger partial charge in [-0.05, 0) is 6.42 Å². The van der Waals surface area contributed by atoms with Crippen LogP contribution < -0.4 is 10.6 Å². The Bertz CT molecular complexity index is 211. The van der Waals surface area contributed by atoms with Gasteiger partial charge in [-0.2, -0.15) is 0 Å². The number of carboxylic acid groups (broad SMARTS) is 1. The lowest BCUT2D eigenvalue weighted by Gasteiger charge is -2.12. The van der Waals surface area contributed by atoms with E-state index in [2.05, 4.69) is 0 Å². The Kier molecular flexibility index (Phi) is 5.50. The van der Waals surface area contributed by atoms with Gasteiger partial charge in [0.1, 0.15) is 6.04 Å². The van der Waals surface area contributed by atoms with Crippen molar-refractivity contribution in [3.63, 3.8) is 0 Å². The topological polar surface area (TPSA) is 78.4 Å². The highest BCUT2D eigenvalue weighted by atomic mass is 19.3. The SMILES string of the molecule is CC[C@H](NC(=O)NCC(F)F)C(=O)O. The van der Waals surface area contributed by atoms with Gasteiger partial charge in [-0.1, -0.05) is 6.92 Å². The minimum absolute atomic E-state index is 0.192. The number of carbonyl (C=O) groups excluding carboxylic acids is 1. The maximum atomic E-state index is 11.6. The van der Waals surface area contributed by atoms with Crippen LogP contribution in [0.1, 0.15) is 13.3 Å². The average Bonchev–Trinajstić information content (AvgIpc) is 2.10. The number of hydrogen-bond donors (Lipinski definition) is 3. The molecule has 0 spiro atoms. The zero-order valence-electron chi connectivity index (χ0n) is 7.59. The van der Waals surface area contributed by atoms with Crippen LogP contribution in [-0.2, 0) is 4.79 Å². The highest BCUT2D eigenvalue weighted by Gasteiger charge is 2.17. The largest absolute Gasteiger partial charge is 0.480 e. The standard InChI is InChI=1S/C7H12F2N2O3/c1-2-4(6(12)13)11-7(14)10-3-5(8)9/h4-5H,2-3H2,1H3,(H,12,13)(H2,10,11,14)/t4-/m0/s1. The number of nitrogens with one attached hydrogen (secondary N) is 2. The lowest BCUT2D eigenvalue weighted by atomic mass is 10.2. The Morgan fingerprint density at radius 1 is 1.43 bits per heavy atom. The second-order valence-electron chi connectivity index (χ2n) is 2.54. The van der Waals surface area contributed by atoms with Crippen LogP contribution in [0.4, 0.5) is 13.6 Å². The Balaban J connectivity index is 3.85. The molecule has 0 saturated heterocycles. The Hall–Kier alpha value is -1.40. The molecule has 0 unspecified atom stereocenters. The van der Waals surface area contributed by atoms with Crippen molar-refractivity contribution in [1.82, 2.24) is 10.6 Å². The second kappa shape index (κ2) is 6.11. The first-order valence-corrected chi connectivity index (χ1v) is 4.02. The van der Waals surface area contributed by atoms with Gasteiger partial charge in [0, 0.05) is 0 Å². The van der Waals surface area contributed by atoms with Crippen LogP contribution in [0.2, 0.25) is 0 Å². The predicted octanol–water partition coefficient (Wildman–Crippen LogP) is 0.414. The highest BCUT2D eigenvalue weighted by Crippen LogP contribution is 1.91. The van der Waals surface area contributed by atoms with Crippen molar-refractivity contribution >= 4 is 12.0 Å². The zero-order valence-corrected chi connectivity index (χ0v) is 7.59. The van der Waals surface area contributed by atoms with Crippen LogP contribution in [0.25, 0.3) is 0 Å². The number of aliphatic carboxylic acids is 1. The molecule has 0 bridgehead atoms. The second-order valence-corrected chi connectivity index (χ2v) is 2.54.